The van der Waals surface area contributed by atoms with Crippen molar-refractivity contribution in [1.82, 2.24) is 0 Å². The van der Waals surface area contributed by atoms with E-state index in [4.69, 9.17) is 5.11 Å². The van der Waals surface area contributed by atoms with Crippen LogP contribution in [0.25, 0.3) is 10.8 Å². The molecule has 0 fully saturated rings. The molecule has 6 heteroatoms. The molecule has 0 amide bonds. The minimum Gasteiger partial charge on any atom is -0.475 e. The fourth-order valence-corrected chi connectivity index (χ4v) is 1.84. The van der Waals surface area contributed by atoms with Gasteiger partial charge in [-0.2, -0.15) is 0 Å². The maximum Gasteiger partial charge on any atom is 0.371 e. The van der Waals surface area contributed by atoms with Crippen LogP contribution in [0.1, 0.15) is 10.6 Å². The number of carboxylic acids is 1. The lowest BCUT2D eigenvalue weighted by Crippen LogP contribution is -2.07. The Morgan fingerprint density at radius 3 is 2.75 bits per heavy atom. The predicted molar refractivity (Wildman–Crippen MR) is 57.1 cm³/mol. The first-order valence-corrected chi connectivity index (χ1v) is 4.95. The molecule has 16 heavy (non-hydrogen) atoms. The van der Waals surface area contributed by atoms with Gasteiger partial charge < -0.3 is 9.52 Å². The van der Waals surface area contributed by atoms with Crippen molar-refractivity contribution in [2.24, 2.45) is 0 Å². The zero-order chi connectivity index (χ0) is 11.9. The summed E-state index contributed by atoms with van der Waals surface area (Å²) in [6, 6.07) is 3.48. The Kier molecular flexibility index (Phi) is 2.51. The Morgan fingerprint density at radius 2 is 2.12 bits per heavy atom. The van der Waals surface area contributed by atoms with Crippen LogP contribution in [0, 0.1) is 5.82 Å². The van der Waals surface area contributed by atoms with Gasteiger partial charge in [0.05, 0.1) is 5.39 Å². The number of aromatic carboxylic acids is 1. The monoisotopic (exact) mass is 286 g/mol. The number of benzene rings is 1. The van der Waals surface area contributed by atoms with Crippen molar-refractivity contribution in [2.75, 3.05) is 0 Å². The maximum atomic E-state index is 13.4. The van der Waals surface area contributed by atoms with Gasteiger partial charge in [-0.3, -0.25) is 0 Å². The molecule has 0 spiro atoms. The molecule has 1 aromatic carbocycles. The van der Waals surface area contributed by atoms with Crippen LogP contribution in [0.2, 0.25) is 0 Å². The van der Waals surface area contributed by atoms with Crippen molar-refractivity contribution >= 4 is 32.7 Å². The molecule has 1 aromatic heterocycles. The average molecular weight is 287 g/mol. The van der Waals surface area contributed by atoms with Crippen LogP contribution in [0.5, 0.6) is 0 Å². The van der Waals surface area contributed by atoms with Gasteiger partial charge in [-0.15, -0.1) is 0 Å². The molecule has 4 nitrogen and oxygen atoms in total. The summed E-state index contributed by atoms with van der Waals surface area (Å²) in [6.07, 6.45) is 0. The van der Waals surface area contributed by atoms with Crippen LogP contribution >= 0.6 is 15.9 Å². The average Bonchev–Trinajstić information content (AvgIpc) is 2.22. The highest BCUT2D eigenvalue weighted by Crippen LogP contribution is 2.24. The van der Waals surface area contributed by atoms with E-state index in [2.05, 4.69) is 20.3 Å². The van der Waals surface area contributed by atoms with Gasteiger partial charge in [0.15, 0.2) is 0 Å². The van der Waals surface area contributed by atoms with Gasteiger partial charge in [0.1, 0.15) is 5.82 Å². The van der Waals surface area contributed by atoms with E-state index in [-0.39, 0.29) is 10.8 Å². The Balaban J connectivity index is 2.98. The summed E-state index contributed by atoms with van der Waals surface area (Å²) < 4.78 is 18.3. The third-order valence-electron chi connectivity index (χ3n) is 2.03. The van der Waals surface area contributed by atoms with Gasteiger partial charge in [-0.1, -0.05) is 0 Å². The number of hydrogen-bond acceptors (Lipinski definition) is 3. The quantitative estimate of drug-likeness (QED) is 0.874. The molecule has 0 saturated carbocycles. The van der Waals surface area contributed by atoms with Gasteiger partial charge in [-0.25, -0.2) is 14.0 Å². The summed E-state index contributed by atoms with van der Waals surface area (Å²) in [5.41, 5.74) is -0.888. The second-order valence-electron chi connectivity index (χ2n) is 3.02. The van der Waals surface area contributed by atoms with E-state index < -0.39 is 23.2 Å². The van der Waals surface area contributed by atoms with Crippen LogP contribution in [0.15, 0.2) is 31.9 Å². The number of carbonyl (C=O) groups is 1. The topological polar surface area (TPSA) is 67.5 Å². The summed E-state index contributed by atoms with van der Waals surface area (Å²) in [4.78, 5) is 22.1. The molecule has 2 aromatic rings. The van der Waals surface area contributed by atoms with Crippen LogP contribution < -0.4 is 5.63 Å². The van der Waals surface area contributed by atoms with E-state index in [0.717, 1.165) is 12.1 Å². The lowest BCUT2D eigenvalue weighted by molar-refractivity contribution is 0.0658. The summed E-state index contributed by atoms with van der Waals surface area (Å²) >= 11 is 3.07. The van der Waals surface area contributed by atoms with Crippen molar-refractivity contribution in [3.05, 3.63) is 44.7 Å². The highest BCUT2D eigenvalue weighted by Gasteiger charge is 2.15. The zero-order valence-corrected chi connectivity index (χ0v) is 9.25. The standard InChI is InChI=1S/C10H4BrFO4/c11-5-1-2-6(12)4-3-7(9(13)14)16-10(15)8(4)5/h1-3H,(H,13,14). The Morgan fingerprint density at radius 1 is 1.44 bits per heavy atom. The highest BCUT2D eigenvalue weighted by atomic mass is 79.9. The van der Waals surface area contributed by atoms with Crippen molar-refractivity contribution in [1.29, 1.82) is 0 Å². The molecular weight excluding hydrogens is 283 g/mol. The van der Waals surface area contributed by atoms with Crippen LogP contribution in [-0.4, -0.2) is 11.1 Å². The fourth-order valence-electron chi connectivity index (χ4n) is 1.33. The molecule has 1 N–H and O–H groups in total. The van der Waals surface area contributed by atoms with E-state index >= 15 is 0 Å². The third-order valence-corrected chi connectivity index (χ3v) is 2.70. The largest absolute Gasteiger partial charge is 0.475 e. The highest BCUT2D eigenvalue weighted by molar-refractivity contribution is 9.10. The molecule has 0 bridgehead atoms. The maximum absolute atomic E-state index is 13.4. The Bertz CT molecular complexity index is 647. The number of halogens is 2. The third kappa shape index (κ3) is 1.61. The van der Waals surface area contributed by atoms with Gasteiger partial charge in [-0.05, 0) is 34.1 Å². The molecule has 0 atom stereocenters. The van der Waals surface area contributed by atoms with E-state index in [1.165, 1.54) is 6.07 Å². The number of carboxylic acid groups (broad SMARTS) is 1. The van der Waals surface area contributed by atoms with Crippen molar-refractivity contribution in [3.8, 4) is 0 Å². The van der Waals surface area contributed by atoms with E-state index in [0.29, 0.717) is 4.47 Å². The second-order valence-corrected chi connectivity index (χ2v) is 3.88. The molecule has 2 rings (SSSR count). The van der Waals surface area contributed by atoms with Crippen molar-refractivity contribution < 1.29 is 18.7 Å². The van der Waals surface area contributed by atoms with E-state index in [9.17, 15) is 14.0 Å². The zero-order valence-electron chi connectivity index (χ0n) is 7.66. The summed E-state index contributed by atoms with van der Waals surface area (Å²) in [5.74, 6) is -2.68. The van der Waals surface area contributed by atoms with E-state index in [1.807, 2.05) is 0 Å². The summed E-state index contributed by atoms with van der Waals surface area (Å²) in [7, 11) is 0. The van der Waals surface area contributed by atoms with Gasteiger partial charge in [0.25, 0.3) is 0 Å². The number of fused-ring (bicyclic) bond motifs is 1. The minimum absolute atomic E-state index is 0.00926. The molecular formula is C10H4BrFO4. The first kappa shape index (κ1) is 10.8. The van der Waals surface area contributed by atoms with Crippen LogP contribution in [-0.2, 0) is 0 Å². The summed E-state index contributed by atoms with van der Waals surface area (Å²) in [6.45, 7) is 0. The Labute approximate surface area is 96.4 Å². The van der Waals surface area contributed by atoms with Crippen LogP contribution in [0.4, 0.5) is 4.39 Å². The normalized spacial score (nSPS) is 10.6. The fraction of sp³-hybridized carbons (Fsp3) is 0. The predicted octanol–water partition coefficient (Wildman–Crippen LogP) is 2.39. The molecule has 1 heterocycles. The number of rotatable bonds is 1. The number of hydrogen-bond donors (Lipinski definition) is 1. The molecule has 82 valence electrons. The summed E-state index contributed by atoms with van der Waals surface area (Å²) in [5, 5.41) is 8.57. The molecule has 0 radical (unpaired) electrons. The Hall–Kier alpha value is -1.69. The molecule has 0 saturated heterocycles. The van der Waals surface area contributed by atoms with Crippen LogP contribution in [0.3, 0.4) is 0 Å². The SMILES string of the molecule is O=C(O)c1cc2c(F)ccc(Br)c2c(=O)o1. The second kappa shape index (κ2) is 3.71. The van der Waals surface area contributed by atoms with Gasteiger partial charge in [0, 0.05) is 9.86 Å². The lowest BCUT2D eigenvalue weighted by Gasteiger charge is -2.01. The van der Waals surface area contributed by atoms with Gasteiger partial charge in [0.2, 0.25) is 5.76 Å². The molecule has 0 unspecified atom stereocenters. The van der Waals surface area contributed by atoms with Crippen molar-refractivity contribution in [2.45, 2.75) is 0 Å². The molecule has 0 aliphatic carbocycles. The molecule has 0 aliphatic heterocycles. The van der Waals surface area contributed by atoms with Crippen molar-refractivity contribution in [3.63, 3.8) is 0 Å². The minimum atomic E-state index is -1.42. The molecule has 0 aliphatic rings. The van der Waals surface area contributed by atoms with E-state index in [1.54, 1.807) is 0 Å². The smallest absolute Gasteiger partial charge is 0.371 e. The first-order valence-electron chi connectivity index (χ1n) is 4.16. The first-order chi connectivity index (χ1) is 7.50. The van der Waals surface area contributed by atoms with Gasteiger partial charge >= 0.3 is 11.6 Å². The lowest BCUT2D eigenvalue weighted by atomic mass is 10.1.